The number of methoxy groups -OCH3 is 1. The number of hydrogen-bond donors (Lipinski definition) is 1. The molecule has 0 amide bonds. The zero-order chi connectivity index (χ0) is 13.7. The monoisotopic (exact) mass is 265 g/mol. The molecule has 19 heavy (non-hydrogen) atoms. The molecule has 1 fully saturated rings. The molecule has 1 aliphatic heterocycles. The number of hydrogen-bond acceptors (Lipinski definition) is 5. The molecule has 106 valence electrons. The summed E-state index contributed by atoms with van der Waals surface area (Å²) in [7, 11) is 1.64. The zero-order valence-electron chi connectivity index (χ0n) is 11.9. The molecular weight excluding hydrogens is 242 g/mol. The van der Waals surface area contributed by atoms with E-state index in [0.29, 0.717) is 11.8 Å². The van der Waals surface area contributed by atoms with Crippen LogP contribution < -0.4 is 10.1 Å². The Labute approximate surface area is 114 Å². The van der Waals surface area contributed by atoms with E-state index in [2.05, 4.69) is 29.1 Å². The highest BCUT2D eigenvalue weighted by Gasteiger charge is 2.35. The molecule has 2 rings (SSSR count). The molecule has 0 saturated carbocycles. The Morgan fingerprint density at radius 3 is 2.89 bits per heavy atom. The van der Waals surface area contributed by atoms with Crippen molar-refractivity contribution in [3.8, 4) is 5.88 Å². The Balaban J connectivity index is 2.25. The molecule has 1 aliphatic rings. The van der Waals surface area contributed by atoms with Crippen molar-refractivity contribution >= 4 is 0 Å². The first-order valence-electron chi connectivity index (χ1n) is 6.97. The van der Waals surface area contributed by atoms with Crippen LogP contribution in [0.1, 0.15) is 38.4 Å². The Morgan fingerprint density at radius 1 is 1.47 bits per heavy atom. The average molecular weight is 265 g/mol. The van der Waals surface area contributed by atoms with E-state index in [1.54, 1.807) is 19.5 Å². The van der Waals surface area contributed by atoms with Crippen LogP contribution in [0.25, 0.3) is 0 Å². The van der Waals surface area contributed by atoms with Gasteiger partial charge in [0.15, 0.2) is 0 Å². The zero-order valence-corrected chi connectivity index (χ0v) is 11.9. The lowest BCUT2D eigenvalue weighted by molar-refractivity contribution is 0.0944. The lowest BCUT2D eigenvalue weighted by Crippen LogP contribution is -2.33. The maximum absolute atomic E-state index is 5.69. The van der Waals surface area contributed by atoms with E-state index < -0.39 is 0 Å². The van der Waals surface area contributed by atoms with Gasteiger partial charge >= 0.3 is 0 Å². The lowest BCUT2D eigenvalue weighted by atomic mass is 9.91. The number of aromatic nitrogens is 2. The summed E-state index contributed by atoms with van der Waals surface area (Å²) in [5, 5.41) is 3.57. The highest BCUT2D eigenvalue weighted by molar-refractivity contribution is 5.22. The molecule has 0 aliphatic carbocycles. The number of nitrogens with zero attached hydrogens (tertiary/aromatic N) is 2. The topological polar surface area (TPSA) is 56.3 Å². The van der Waals surface area contributed by atoms with Gasteiger partial charge in [0.25, 0.3) is 0 Å². The third-order valence-corrected chi connectivity index (χ3v) is 3.66. The van der Waals surface area contributed by atoms with Gasteiger partial charge in [-0.25, -0.2) is 4.98 Å². The van der Waals surface area contributed by atoms with Crippen molar-refractivity contribution in [1.29, 1.82) is 0 Å². The van der Waals surface area contributed by atoms with Crippen LogP contribution in [-0.4, -0.2) is 36.3 Å². The van der Waals surface area contributed by atoms with E-state index in [1.165, 1.54) is 0 Å². The smallest absolute Gasteiger partial charge is 0.237 e. The first-order valence-corrected chi connectivity index (χ1v) is 6.97. The third kappa shape index (κ3) is 3.22. The van der Waals surface area contributed by atoms with Crippen LogP contribution in [0.5, 0.6) is 5.88 Å². The minimum Gasteiger partial charge on any atom is -0.480 e. The van der Waals surface area contributed by atoms with Crippen molar-refractivity contribution in [1.82, 2.24) is 15.3 Å². The van der Waals surface area contributed by atoms with E-state index in [0.717, 1.165) is 31.7 Å². The van der Waals surface area contributed by atoms with Crippen LogP contribution in [0.3, 0.4) is 0 Å². The molecule has 5 heteroatoms. The fourth-order valence-electron chi connectivity index (χ4n) is 2.64. The Hall–Kier alpha value is -1.20. The second kappa shape index (κ2) is 6.82. The van der Waals surface area contributed by atoms with E-state index in [1.807, 2.05) is 0 Å². The first kappa shape index (κ1) is 14.2. The number of ether oxygens (including phenoxy) is 2. The van der Waals surface area contributed by atoms with Crippen LogP contribution in [-0.2, 0) is 4.74 Å². The summed E-state index contributed by atoms with van der Waals surface area (Å²) in [4.78, 5) is 8.73. The van der Waals surface area contributed by atoms with E-state index >= 15 is 0 Å². The summed E-state index contributed by atoms with van der Waals surface area (Å²) < 4.78 is 11.0. The molecule has 3 atom stereocenters. The number of nitrogens with one attached hydrogen (secondary N) is 1. The van der Waals surface area contributed by atoms with Gasteiger partial charge < -0.3 is 14.8 Å². The molecule has 3 unspecified atom stereocenters. The van der Waals surface area contributed by atoms with Gasteiger partial charge in [-0.1, -0.05) is 6.92 Å². The third-order valence-electron chi connectivity index (χ3n) is 3.66. The molecule has 1 saturated heterocycles. The molecule has 5 nitrogen and oxygen atoms in total. The van der Waals surface area contributed by atoms with Gasteiger partial charge in [-0.2, -0.15) is 0 Å². The second-order valence-corrected chi connectivity index (χ2v) is 4.91. The normalized spacial score (nSPS) is 24.4. The van der Waals surface area contributed by atoms with Crippen molar-refractivity contribution in [2.45, 2.75) is 38.8 Å². The van der Waals surface area contributed by atoms with E-state index in [-0.39, 0.29) is 12.1 Å². The van der Waals surface area contributed by atoms with Crippen LogP contribution in [0.2, 0.25) is 0 Å². The fraction of sp³-hybridized carbons (Fsp3) is 0.714. The summed E-state index contributed by atoms with van der Waals surface area (Å²) in [5.74, 6) is 1.02. The SMILES string of the molecule is CCCNC(c1nccnc1OC)C1CCOC1C. The molecule has 1 N–H and O–H groups in total. The molecule has 1 aromatic heterocycles. The van der Waals surface area contributed by atoms with E-state index in [4.69, 9.17) is 9.47 Å². The minimum absolute atomic E-state index is 0.140. The summed E-state index contributed by atoms with van der Waals surface area (Å²) in [6.45, 7) is 6.06. The predicted molar refractivity (Wildman–Crippen MR) is 73.1 cm³/mol. The summed E-state index contributed by atoms with van der Waals surface area (Å²) in [6, 6.07) is 0.140. The second-order valence-electron chi connectivity index (χ2n) is 4.91. The van der Waals surface area contributed by atoms with Gasteiger partial charge in [-0.15, -0.1) is 0 Å². The van der Waals surface area contributed by atoms with Crippen molar-refractivity contribution in [3.05, 3.63) is 18.1 Å². The van der Waals surface area contributed by atoms with Crippen molar-refractivity contribution in [2.75, 3.05) is 20.3 Å². The summed E-state index contributed by atoms with van der Waals surface area (Å²) in [6.07, 6.45) is 5.75. The van der Waals surface area contributed by atoms with Crippen molar-refractivity contribution in [3.63, 3.8) is 0 Å². The maximum Gasteiger partial charge on any atom is 0.237 e. The van der Waals surface area contributed by atoms with Crippen molar-refractivity contribution < 1.29 is 9.47 Å². The molecular formula is C14H23N3O2. The van der Waals surface area contributed by atoms with Crippen LogP contribution >= 0.6 is 0 Å². The summed E-state index contributed by atoms with van der Waals surface area (Å²) in [5.41, 5.74) is 0.890. The highest BCUT2D eigenvalue weighted by Crippen LogP contribution is 2.35. The molecule has 1 aromatic rings. The Morgan fingerprint density at radius 2 is 2.26 bits per heavy atom. The highest BCUT2D eigenvalue weighted by atomic mass is 16.5. The van der Waals surface area contributed by atoms with Gasteiger partial charge in [-0.3, -0.25) is 4.98 Å². The summed E-state index contributed by atoms with van der Waals surface area (Å²) >= 11 is 0. The van der Waals surface area contributed by atoms with Crippen LogP contribution in [0.4, 0.5) is 0 Å². The fourth-order valence-corrected chi connectivity index (χ4v) is 2.64. The van der Waals surface area contributed by atoms with Gasteiger partial charge in [0.1, 0.15) is 5.69 Å². The minimum atomic E-state index is 0.140. The van der Waals surface area contributed by atoms with Gasteiger partial charge in [0.05, 0.1) is 19.3 Å². The van der Waals surface area contributed by atoms with Crippen LogP contribution in [0, 0.1) is 5.92 Å². The molecule has 0 bridgehead atoms. The van der Waals surface area contributed by atoms with Crippen LogP contribution in [0.15, 0.2) is 12.4 Å². The van der Waals surface area contributed by atoms with Gasteiger partial charge in [0.2, 0.25) is 5.88 Å². The van der Waals surface area contributed by atoms with Gasteiger partial charge in [0, 0.05) is 24.9 Å². The average Bonchev–Trinajstić information content (AvgIpc) is 2.86. The molecule has 2 heterocycles. The maximum atomic E-state index is 5.69. The standard InChI is InChI=1S/C14H23N3O2/c1-4-6-15-12(11-5-9-19-10(11)2)13-14(18-3)17-8-7-16-13/h7-8,10-12,15H,4-6,9H2,1-3H3. The van der Waals surface area contributed by atoms with E-state index in [9.17, 15) is 0 Å². The molecule has 0 radical (unpaired) electrons. The first-order chi connectivity index (χ1) is 9.27. The Bertz CT molecular complexity index is 400. The quantitative estimate of drug-likeness (QED) is 0.852. The largest absolute Gasteiger partial charge is 0.480 e. The lowest BCUT2D eigenvalue weighted by Gasteiger charge is -2.27. The van der Waals surface area contributed by atoms with Gasteiger partial charge in [-0.05, 0) is 26.3 Å². The van der Waals surface area contributed by atoms with Crippen molar-refractivity contribution in [2.24, 2.45) is 5.92 Å². The Kier molecular flexibility index (Phi) is 5.10. The molecule has 0 spiro atoms. The molecule has 0 aromatic carbocycles. The number of rotatable bonds is 6. The predicted octanol–water partition coefficient (Wildman–Crippen LogP) is 1.95.